The number of rotatable bonds is 3. The Hall–Kier alpha value is -1.15. The quantitative estimate of drug-likeness (QED) is 0.709. The van der Waals surface area contributed by atoms with E-state index in [1.807, 2.05) is 7.05 Å². The molecular weight excluding hydrogens is 196 g/mol. The average molecular weight is 216 g/mol. The van der Waals surface area contributed by atoms with E-state index >= 15 is 0 Å². The number of aliphatic imine (C=N–C) groups is 1. The van der Waals surface area contributed by atoms with E-state index in [4.69, 9.17) is 0 Å². The van der Waals surface area contributed by atoms with Crippen LogP contribution in [0, 0.1) is 5.92 Å². The highest BCUT2D eigenvalue weighted by Gasteiger charge is 2.25. The first-order valence-electron chi connectivity index (χ1n) is 6.02. The molecule has 1 fully saturated rings. The predicted molar refractivity (Wildman–Crippen MR) is 69.0 cm³/mol. The van der Waals surface area contributed by atoms with Gasteiger partial charge < -0.3 is 4.99 Å². The van der Waals surface area contributed by atoms with Gasteiger partial charge in [-0.05, 0) is 25.5 Å². The minimum Gasteiger partial charge on any atom is -0.301 e. The van der Waals surface area contributed by atoms with Crippen molar-refractivity contribution in [2.24, 2.45) is 10.9 Å². The molecule has 1 heterocycles. The van der Waals surface area contributed by atoms with Gasteiger partial charge in [0.2, 0.25) is 0 Å². The van der Waals surface area contributed by atoms with Crippen LogP contribution in [0.1, 0.15) is 24.9 Å². The third-order valence-corrected chi connectivity index (χ3v) is 3.45. The first-order valence-corrected chi connectivity index (χ1v) is 6.02. The number of nitrogens with zero attached hydrogens (tertiary/aromatic N) is 2. The summed E-state index contributed by atoms with van der Waals surface area (Å²) in [6.07, 6.45) is 3.34. The summed E-state index contributed by atoms with van der Waals surface area (Å²) in [7, 11) is 1.86. The fourth-order valence-electron chi connectivity index (χ4n) is 2.44. The van der Waals surface area contributed by atoms with Crippen molar-refractivity contribution in [3.63, 3.8) is 0 Å². The molecule has 0 N–H and O–H groups in total. The molecule has 2 atom stereocenters. The second-order valence-corrected chi connectivity index (χ2v) is 4.54. The van der Waals surface area contributed by atoms with Crippen LogP contribution in [-0.4, -0.2) is 31.3 Å². The SMILES string of the molecule is CN=CC1CCN([C@@H](C)c2ccccc2)C1. The zero-order valence-corrected chi connectivity index (χ0v) is 10.1. The van der Waals surface area contributed by atoms with Gasteiger partial charge in [-0.25, -0.2) is 0 Å². The van der Waals surface area contributed by atoms with Crippen LogP contribution in [0.25, 0.3) is 0 Å². The molecule has 2 rings (SSSR count). The van der Waals surface area contributed by atoms with E-state index in [0.29, 0.717) is 12.0 Å². The Balaban J connectivity index is 1.99. The highest BCUT2D eigenvalue weighted by molar-refractivity contribution is 5.61. The van der Waals surface area contributed by atoms with E-state index in [-0.39, 0.29) is 0 Å². The van der Waals surface area contributed by atoms with E-state index < -0.39 is 0 Å². The smallest absolute Gasteiger partial charge is 0.0320 e. The van der Waals surface area contributed by atoms with Crippen molar-refractivity contribution in [1.82, 2.24) is 4.90 Å². The number of likely N-dealkylation sites (tertiary alicyclic amines) is 1. The molecule has 2 nitrogen and oxygen atoms in total. The Morgan fingerprint density at radius 2 is 2.12 bits per heavy atom. The molecule has 86 valence electrons. The molecule has 0 amide bonds. The topological polar surface area (TPSA) is 15.6 Å². The molecule has 1 aliphatic heterocycles. The lowest BCUT2D eigenvalue weighted by Crippen LogP contribution is -2.24. The molecule has 0 aliphatic carbocycles. The van der Waals surface area contributed by atoms with Crippen molar-refractivity contribution in [1.29, 1.82) is 0 Å². The van der Waals surface area contributed by atoms with Crippen LogP contribution in [0.2, 0.25) is 0 Å². The summed E-state index contributed by atoms with van der Waals surface area (Å²) in [5, 5.41) is 0. The fourth-order valence-corrected chi connectivity index (χ4v) is 2.44. The van der Waals surface area contributed by atoms with Gasteiger partial charge in [-0.3, -0.25) is 4.90 Å². The van der Waals surface area contributed by atoms with Crippen LogP contribution < -0.4 is 0 Å². The van der Waals surface area contributed by atoms with Gasteiger partial charge in [0.15, 0.2) is 0 Å². The summed E-state index contributed by atoms with van der Waals surface area (Å²) < 4.78 is 0. The van der Waals surface area contributed by atoms with Crippen LogP contribution in [0.3, 0.4) is 0 Å². The Labute approximate surface area is 98.0 Å². The van der Waals surface area contributed by atoms with Crippen LogP contribution in [-0.2, 0) is 0 Å². The molecule has 1 aromatic carbocycles. The lowest BCUT2D eigenvalue weighted by atomic mass is 10.1. The molecule has 1 unspecified atom stereocenters. The molecule has 1 saturated heterocycles. The fraction of sp³-hybridized carbons (Fsp3) is 0.500. The summed E-state index contributed by atoms with van der Waals surface area (Å²) >= 11 is 0. The first kappa shape index (κ1) is 11.3. The van der Waals surface area contributed by atoms with E-state index in [1.54, 1.807) is 0 Å². The standard InChI is InChI=1S/C14H20N2/c1-12(14-6-4-3-5-7-14)16-9-8-13(11-16)10-15-2/h3-7,10,12-13H,8-9,11H2,1-2H3/t12-,13?/m0/s1. The van der Waals surface area contributed by atoms with Gasteiger partial charge in [-0.1, -0.05) is 30.3 Å². The number of hydrogen-bond acceptors (Lipinski definition) is 2. The molecule has 1 aromatic rings. The van der Waals surface area contributed by atoms with Gasteiger partial charge in [0.25, 0.3) is 0 Å². The Bertz CT molecular complexity index is 345. The summed E-state index contributed by atoms with van der Waals surface area (Å²) in [5.41, 5.74) is 1.41. The van der Waals surface area contributed by atoms with Crippen LogP contribution in [0.4, 0.5) is 0 Å². The van der Waals surface area contributed by atoms with E-state index in [0.717, 1.165) is 6.54 Å². The van der Waals surface area contributed by atoms with Crippen molar-refractivity contribution in [2.45, 2.75) is 19.4 Å². The monoisotopic (exact) mass is 216 g/mol. The second-order valence-electron chi connectivity index (χ2n) is 4.54. The van der Waals surface area contributed by atoms with E-state index in [2.05, 4.69) is 53.4 Å². The molecule has 0 radical (unpaired) electrons. The average Bonchev–Trinajstić information content (AvgIpc) is 2.78. The van der Waals surface area contributed by atoms with Crippen LogP contribution >= 0.6 is 0 Å². The van der Waals surface area contributed by atoms with Gasteiger partial charge in [-0.15, -0.1) is 0 Å². The maximum Gasteiger partial charge on any atom is 0.0320 e. The summed E-state index contributed by atoms with van der Waals surface area (Å²) in [6.45, 7) is 4.63. The zero-order valence-electron chi connectivity index (χ0n) is 10.1. The van der Waals surface area contributed by atoms with Crippen LogP contribution in [0.5, 0.6) is 0 Å². The minimum atomic E-state index is 0.524. The van der Waals surface area contributed by atoms with Crippen molar-refractivity contribution in [3.05, 3.63) is 35.9 Å². The minimum absolute atomic E-state index is 0.524. The molecule has 0 saturated carbocycles. The predicted octanol–water partition coefficient (Wildman–Crippen LogP) is 2.77. The highest BCUT2D eigenvalue weighted by Crippen LogP contribution is 2.26. The van der Waals surface area contributed by atoms with Gasteiger partial charge in [-0.2, -0.15) is 0 Å². The first-order chi connectivity index (χ1) is 7.81. The summed E-state index contributed by atoms with van der Waals surface area (Å²) in [6, 6.07) is 11.3. The van der Waals surface area contributed by atoms with Crippen molar-refractivity contribution in [2.75, 3.05) is 20.1 Å². The normalized spacial score (nSPS) is 24.0. The lowest BCUT2D eigenvalue weighted by molar-refractivity contribution is 0.259. The van der Waals surface area contributed by atoms with Gasteiger partial charge in [0.05, 0.1) is 0 Å². The maximum absolute atomic E-state index is 4.13. The second kappa shape index (κ2) is 5.26. The Kier molecular flexibility index (Phi) is 3.73. The Morgan fingerprint density at radius 1 is 1.38 bits per heavy atom. The molecule has 1 aliphatic rings. The van der Waals surface area contributed by atoms with Crippen molar-refractivity contribution < 1.29 is 0 Å². The van der Waals surface area contributed by atoms with E-state index in [9.17, 15) is 0 Å². The summed E-state index contributed by atoms with van der Waals surface area (Å²) in [4.78, 5) is 6.68. The molecule has 0 aromatic heterocycles. The molecule has 16 heavy (non-hydrogen) atoms. The lowest BCUT2D eigenvalue weighted by Gasteiger charge is -2.24. The molecule has 0 spiro atoms. The number of hydrogen-bond donors (Lipinski definition) is 0. The summed E-state index contributed by atoms with van der Waals surface area (Å²) in [5.74, 6) is 0.649. The van der Waals surface area contributed by atoms with Crippen LogP contribution in [0.15, 0.2) is 35.3 Å². The van der Waals surface area contributed by atoms with Gasteiger partial charge in [0.1, 0.15) is 0 Å². The molecular formula is C14H20N2. The van der Waals surface area contributed by atoms with E-state index in [1.165, 1.54) is 18.5 Å². The van der Waals surface area contributed by atoms with Gasteiger partial charge in [0, 0.05) is 31.8 Å². The molecule has 0 bridgehead atoms. The third-order valence-electron chi connectivity index (χ3n) is 3.45. The van der Waals surface area contributed by atoms with Crippen molar-refractivity contribution in [3.8, 4) is 0 Å². The maximum atomic E-state index is 4.13. The van der Waals surface area contributed by atoms with Gasteiger partial charge >= 0.3 is 0 Å². The number of benzene rings is 1. The molecule has 2 heteroatoms. The zero-order chi connectivity index (χ0) is 11.4. The highest BCUT2D eigenvalue weighted by atomic mass is 15.2. The largest absolute Gasteiger partial charge is 0.301 e. The third kappa shape index (κ3) is 2.50. The Morgan fingerprint density at radius 3 is 2.81 bits per heavy atom. The van der Waals surface area contributed by atoms with Crippen molar-refractivity contribution >= 4 is 6.21 Å².